The Morgan fingerprint density at radius 3 is 2.55 bits per heavy atom. The van der Waals surface area contributed by atoms with Crippen molar-refractivity contribution in [3.05, 3.63) is 52.0 Å². The third-order valence-corrected chi connectivity index (χ3v) is 4.33. The van der Waals surface area contributed by atoms with Gasteiger partial charge in [0.25, 0.3) is 0 Å². The zero-order valence-electron chi connectivity index (χ0n) is 9.93. The van der Waals surface area contributed by atoms with E-state index in [9.17, 15) is 9.90 Å². The van der Waals surface area contributed by atoms with Crippen molar-refractivity contribution in [2.24, 2.45) is 0 Å². The van der Waals surface area contributed by atoms with Gasteiger partial charge in [-0.3, -0.25) is 0 Å². The van der Waals surface area contributed by atoms with Crippen LogP contribution in [-0.4, -0.2) is 16.1 Å². The lowest BCUT2D eigenvalue weighted by Crippen LogP contribution is -1.99. The largest absolute Gasteiger partial charge is 0.478 e. The maximum absolute atomic E-state index is 11.3. The molecule has 1 heterocycles. The fourth-order valence-corrected chi connectivity index (χ4v) is 3.21. The van der Waals surface area contributed by atoms with Crippen molar-refractivity contribution in [1.82, 2.24) is 4.98 Å². The highest BCUT2D eigenvalue weighted by Gasteiger charge is 2.15. The molecule has 3 aromatic rings. The molecule has 0 fully saturated rings. The molecule has 20 heavy (non-hydrogen) atoms. The van der Waals surface area contributed by atoms with E-state index in [1.807, 2.05) is 6.07 Å². The zero-order valence-corrected chi connectivity index (χ0v) is 12.3. The van der Waals surface area contributed by atoms with Crippen LogP contribution in [0.15, 0.2) is 36.4 Å². The summed E-state index contributed by atoms with van der Waals surface area (Å²) in [5.74, 6) is -1.01. The highest BCUT2D eigenvalue weighted by atomic mass is 35.5. The molecule has 0 radical (unpaired) electrons. The number of rotatable bonds is 2. The highest BCUT2D eigenvalue weighted by molar-refractivity contribution is 7.21. The first-order chi connectivity index (χ1) is 9.54. The van der Waals surface area contributed by atoms with Crippen molar-refractivity contribution >= 4 is 50.7 Å². The second kappa shape index (κ2) is 5.05. The number of carboxylic acid groups (broad SMARTS) is 1. The monoisotopic (exact) mass is 323 g/mol. The number of hydrogen-bond acceptors (Lipinski definition) is 3. The predicted octanol–water partition coefficient (Wildman–Crippen LogP) is 4.97. The van der Waals surface area contributed by atoms with E-state index in [1.165, 1.54) is 17.4 Å². The summed E-state index contributed by atoms with van der Waals surface area (Å²) in [5.41, 5.74) is 1.44. The Morgan fingerprint density at radius 1 is 1.10 bits per heavy atom. The molecule has 6 heteroatoms. The Balaban J connectivity index is 2.24. The molecular weight excluding hydrogens is 317 g/mol. The van der Waals surface area contributed by atoms with Gasteiger partial charge in [-0.1, -0.05) is 23.2 Å². The number of nitrogens with zero attached hydrogens (tertiary/aromatic N) is 1. The second-order valence-corrected chi connectivity index (χ2v) is 6.03. The number of carboxylic acids is 1. The summed E-state index contributed by atoms with van der Waals surface area (Å²) in [5, 5.41) is 10.9. The molecule has 0 atom stereocenters. The Hall–Kier alpha value is -1.62. The molecule has 0 aliphatic heterocycles. The van der Waals surface area contributed by atoms with E-state index in [1.54, 1.807) is 24.3 Å². The van der Waals surface area contributed by atoms with Gasteiger partial charge in [0.05, 0.1) is 15.8 Å². The number of halogens is 2. The van der Waals surface area contributed by atoms with E-state index in [4.69, 9.17) is 23.2 Å². The number of hydrogen-bond donors (Lipinski definition) is 1. The summed E-state index contributed by atoms with van der Waals surface area (Å²) in [6, 6.07) is 10.1. The summed E-state index contributed by atoms with van der Waals surface area (Å²) >= 11 is 13.3. The van der Waals surface area contributed by atoms with Crippen LogP contribution in [0.25, 0.3) is 20.8 Å². The van der Waals surface area contributed by atoms with Gasteiger partial charge in [0.1, 0.15) is 5.01 Å². The summed E-state index contributed by atoms with van der Waals surface area (Å²) in [7, 11) is 0. The summed E-state index contributed by atoms with van der Waals surface area (Å²) in [6.07, 6.45) is 0. The maximum Gasteiger partial charge on any atom is 0.336 e. The van der Waals surface area contributed by atoms with Crippen LogP contribution in [0, 0.1) is 0 Å². The minimum absolute atomic E-state index is 0.180. The fourth-order valence-electron chi connectivity index (χ4n) is 1.90. The molecule has 0 unspecified atom stereocenters. The highest BCUT2D eigenvalue weighted by Crippen LogP contribution is 2.34. The lowest BCUT2D eigenvalue weighted by atomic mass is 10.1. The summed E-state index contributed by atoms with van der Waals surface area (Å²) in [4.78, 5) is 15.7. The van der Waals surface area contributed by atoms with E-state index in [0.717, 1.165) is 10.2 Å². The number of fused-ring (bicyclic) bond motifs is 1. The van der Waals surface area contributed by atoms with Crippen LogP contribution in [-0.2, 0) is 0 Å². The van der Waals surface area contributed by atoms with Crippen molar-refractivity contribution in [1.29, 1.82) is 0 Å². The molecular formula is C14H7Cl2NO2S. The van der Waals surface area contributed by atoms with E-state index in [0.29, 0.717) is 20.6 Å². The molecule has 1 N–H and O–H groups in total. The first kappa shape index (κ1) is 13.4. The molecule has 0 aliphatic carbocycles. The van der Waals surface area contributed by atoms with Gasteiger partial charge in [-0.05, 0) is 36.4 Å². The van der Waals surface area contributed by atoms with Gasteiger partial charge in [0.2, 0.25) is 0 Å². The van der Waals surface area contributed by atoms with Crippen LogP contribution in [0.5, 0.6) is 0 Å². The minimum atomic E-state index is -1.01. The summed E-state index contributed by atoms with van der Waals surface area (Å²) in [6.45, 7) is 0. The van der Waals surface area contributed by atoms with Crippen LogP contribution in [0.2, 0.25) is 10.0 Å². The quantitative estimate of drug-likeness (QED) is 0.724. The topological polar surface area (TPSA) is 50.2 Å². The van der Waals surface area contributed by atoms with Crippen molar-refractivity contribution in [3.8, 4) is 10.6 Å². The zero-order chi connectivity index (χ0) is 14.3. The predicted molar refractivity (Wildman–Crippen MR) is 82.0 cm³/mol. The molecule has 100 valence electrons. The third kappa shape index (κ3) is 2.38. The number of aromatic carboxylic acids is 1. The lowest BCUT2D eigenvalue weighted by molar-refractivity contribution is 0.0698. The van der Waals surface area contributed by atoms with Crippen LogP contribution in [0.1, 0.15) is 10.4 Å². The molecule has 0 aliphatic rings. The van der Waals surface area contributed by atoms with E-state index in [-0.39, 0.29) is 5.56 Å². The maximum atomic E-state index is 11.3. The van der Waals surface area contributed by atoms with Gasteiger partial charge < -0.3 is 5.11 Å². The second-order valence-electron chi connectivity index (χ2n) is 4.13. The van der Waals surface area contributed by atoms with Gasteiger partial charge in [-0.15, -0.1) is 11.3 Å². The number of thiazole rings is 1. The van der Waals surface area contributed by atoms with Crippen molar-refractivity contribution in [2.75, 3.05) is 0 Å². The molecule has 0 saturated carbocycles. The standard InChI is InChI=1S/C14H7Cl2NO2S/c15-7-1-3-9(14(18)19)10(5-7)13-17-11-6-8(16)2-4-12(11)20-13/h1-6H,(H,18,19). The Morgan fingerprint density at radius 2 is 1.80 bits per heavy atom. The number of benzene rings is 2. The minimum Gasteiger partial charge on any atom is -0.478 e. The molecule has 0 spiro atoms. The van der Waals surface area contributed by atoms with Crippen LogP contribution < -0.4 is 0 Å². The molecule has 0 amide bonds. The van der Waals surface area contributed by atoms with Gasteiger partial charge in [-0.2, -0.15) is 0 Å². The fraction of sp³-hybridized carbons (Fsp3) is 0. The number of carbonyl (C=O) groups is 1. The van der Waals surface area contributed by atoms with Crippen LogP contribution >= 0.6 is 34.5 Å². The van der Waals surface area contributed by atoms with E-state index in [2.05, 4.69) is 4.98 Å². The average molecular weight is 324 g/mol. The SMILES string of the molecule is O=C(O)c1ccc(Cl)cc1-c1nc2cc(Cl)ccc2s1. The Labute approximate surface area is 128 Å². The van der Waals surface area contributed by atoms with E-state index >= 15 is 0 Å². The molecule has 3 nitrogen and oxygen atoms in total. The molecule has 3 rings (SSSR count). The molecule has 1 aromatic heterocycles. The van der Waals surface area contributed by atoms with Crippen molar-refractivity contribution in [3.63, 3.8) is 0 Å². The van der Waals surface area contributed by atoms with Crippen molar-refractivity contribution in [2.45, 2.75) is 0 Å². The molecule has 0 bridgehead atoms. The van der Waals surface area contributed by atoms with Crippen LogP contribution in [0.3, 0.4) is 0 Å². The van der Waals surface area contributed by atoms with Crippen molar-refractivity contribution < 1.29 is 9.90 Å². The first-order valence-electron chi connectivity index (χ1n) is 5.64. The van der Waals surface area contributed by atoms with Gasteiger partial charge >= 0.3 is 5.97 Å². The normalized spacial score (nSPS) is 10.9. The van der Waals surface area contributed by atoms with E-state index < -0.39 is 5.97 Å². The van der Waals surface area contributed by atoms with Gasteiger partial charge in [0, 0.05) is 15.6 Å². The lowest BCUT2D eigenvalue weighted by Gasteiger charge is -2.02. The molecule has 0 saturated heterocycles. The number of aromatic nitrogens is 1. The third-order valence-electron chi connectivity index (χ3n) is 2.79. The average Bonchev–Trinajstić information content (AvgIpc) is 2.81. The Kier molecular flexibility index (Phi) is 3.38. The molecule has 2 aromatic carbocycles. The first-order valence-corrected chi connectivity index (χ1v) is 7.21. The summed E-state index contributed by atoms with van der Waals surface area (Å²) < 4.78 is 0.945. The van der Waals surface area contributed by atoms with Gasteiger partial charge in [0.15, 0.2) is 0 Å². The Bertz CT molecular complexity index is 829. The smallest absolute Gasteiger partial charge is 0.336 e. The van der Waals surface area contributed by atoms with Gasteiger partial charge in [-0.25, -0.2) is 9.78 Å². The van der Waals surface area contributed by atoms with Crippen LogP contribution in [0.4, 0.5) is 0 Å².